The van der Waals surface area contributed by atoms with Gasteiger partial charge in [0.1, 0.15) is 5.82 Å². The molecule has 1 aromatic carbocycles. The number of imidazole rings is 1. The van der Waals surface area contributed by atoms with Gasteiger partial charge in [-0.25, -0.2) is 14.8 Å². The number of aliphatic carboxylic acids is 1. The van der Waals surface area contributed by atoms with Crippen molar-refractivity contribution >= 4 is 34.2 Å². The van der Waals surface area contributed by atoms with Crippen molar-refractivity contribution < 1.29 is 27.9 Å². The van der Waals surface area contributed by atoms with Crippen molar-refractivity contribution in [2.75, 3.05) is 11.9 Å². The summed E-state index contributed by atoms with van der Waals surface area (Å²) in [6, 6.07) is 5.80. The highest BCUT2D eigenvalue weighted by Gasteiger charge is 2.38. The number of carboxylic acid groups (broad SMARTS) is 1. The van der Waals surface area contributed by atoms with Crippen molar-refractivity contribution in [1.29, 1.82) is 0 Å². The highest BCUT2D eigenvalue weighted by Crippen LogP contribution is 2.26. The largest absolute Gasteiger partial charge is 0.490 e. The minimum Gasteiger partial charge on any atom is -0.475 e. The number of halogens is 3. The summed E-state index contributed by atoms with van der Waals surface area (Å²) in [5, 5.41) is 18.6. The fourth-order valence-electron chi connectivity index (χ4n) is 3.78. The van der Waals surface area contributed by atoms with Gasteiger partial charge < -0.3 is 20.1 Å². The van der Waals surface area contributed by atoms with E-state index in [1.54, 1.807) is 29.3 Å². The average Bonchev–Trinajstić information content (AvgIpc) is 3.51. The minimum absolute atomic E-state index is 0.204. The van der Waals surface area contributed by atoms with Gasteiger partial charge in [0.25, 0.3) is 5.91 Å². The number of amides is 1. The van der Waals surface area contributed by atoms with Crippen molar-refractivity contribution in [2.45, 2.75) is 25.6 Å². The van der Waals surface area contributed by atoms with Crippen LogP contribution in [0.25, 0.3) is 16.6 Å². The molecule has 1 aliphatic heterocycles. The van der Waals surface area contributed by atoms with E-state index >= 15 is 0 Å². The first-order valence-electron chi connectivity index (χ1n) is 10.6. The lowest BCUT2D eigenvalue weighted by Gasteiger charge is -2.05. The molecule has 35 heavy (non-hydrogen) atoms. The Labute approximate surface area is 196 Å². The highest BCUT2D eigenvalue weighted by atomic mass is 19.4. The first-order valence-corrected chi connectivity index (χ1v) is 10.6. The summed E-state index contributed by atoms with van der Waals surface area (Å²) < 4.78 is 35.4. The SMILES string of the molecule is CC1CN[C@@H](c2cn3cc(NC(=O)c4ccc5c(cnn5C)c4)ncc3n2)C1.O=C(O)C(F)(F)F. The number of hydrogen-bond donors (Lipinski definition) is 3. The van der Waals surface area contributed by atoms with Crippen LogP contribution in [0.4, 0.5) is 19.0 Å². The number of carbonyl (C=O) groups is 2. The van der Waals surface area contributed by atoms with E-state index in [1.165, 1.54) is 0 Å². The summed E-state index contributed by atoms with van der Waals surface area (Å²) in [6.45, 7) is 3.25. The van der Waals surface area contributed by atoms with Gasteiger partial charge in [0.15, 0.2) is 5.65 Å². The molecule has 0 saturated carbocycles. The molecule has 1 amide bonds. The molecule has 0 aliphatic carbocycles. The molecule has 0 bridgehead atoms. The van der Waals surface area contributed by atoms with E-state index in [9.17, 15) is 18.0 Å². The van der Waals surface area contributed by atoms with Crippen LogP contribution in [0, 0.1) is 5.92 Å². The number of nitrogens with one attached hydrogen (secondary N) is 2. The molecule has 1 fully saturated rings. The second-order valence-electron chi connectivity index (χ2n) is 8.30. The standard InChI is InChI=1S/C20H21N7O.C2HF3O2/c1-12-5-15(21-7-12)16-10-27-11-18(22-9-19(27)24-16)25-20(28)13-3-4-17-14(6-13)8-23-26(17)2;3-2(4,5)1(6)7/h3-4,6,8-12,15,21H,5,7H2,1-2H3,(H,25,28);(H,6,7)/t12?,15-;/m1./s1. The summed E-state index contributed by atoms with van der Waals surface area (Å²) in [6.07, 6.45) is 3.23. The van der Waals surface area contributed by atoms with Gasteiger partial charge in [0.2, 0.25) is 0 Å². The zero-order chi connectivity index (χ0) is 25.3. The highest BCUT2D eigenvalue weighted by molar-refractivity contribution is 6.05. The number of aryl methyl sites for hydroxylation is 1. The number of anilines is 1. The molecule has 1 unspecified atom stereocenters. The van der Waals surface area contributed by atoms with Crippen LogP contribution in [0.1, 0.15) is 35.4 Å². The number of alkyl halides is 3. The fourth-order valence-corrected chi connectivity index (χ4v) is 3.78. The maximum Gasteiger partial charge on any atom is 0.490 e. The number of carboxylic acids is 1. The predicted molar refractivity (Wildman–Crippen MR) is 120 cm³/mol. The molecule has 1 saturated heterocycles. The normalized spacial score (nSPS) is 17.9. The zero-order valence-electron chi connectivity index (χ0n) is 18.7. The third-order valence-corrected chi connectivity index (χ3v) is 5.56. The summed E-state index contributed by atoms with van der Waals surface area (Å²) in [7, 11) is 1.88. The van der Waals surface area contributed by atoms with Crippen LogP contribution in [-0.2, 0) is 11.8 Å². The molecule has 3 aromatic heterocycles. The minimum atomic E-state index is -5.08. The van der Waals surface area contributed by atoms with E-state index in [-0.39, 0.29) is 11.9 Å². The lowest BCUT2D eigenvalue weighted by molar-refractivity contribution is -0.192. The van der Waals surface area contributed by atoms with E-state index in [0.29, 0.717) is 17.3 Å². The number of carbonyl (C=O) groups excluding carboxylic acids is 1. The maximum atomic E-state index is 12.6. The van der Waals surface area contributed by atoms with Crippen molar-refractivity contribution in [3.05, 3.63) is 54.2 Å². The van der Waals surface area contributed by atoms with E-state index in [4.69, 9.17) is 9.90 Å². The van der Waals surface area contributed by atoms with E-state index < -0.39 is 12.1 Å². The van der Waals surface area contributed by atoms with Gasteiger partial charge in [-0.2, -0.15) is 18.3 Å². The first kappa shape index (κ1) is 24.1. The van der Waals surface area contributed by atoms with Crippen LogP contribution in [0.3, 0.4) is 0 Å². The average molecular weight is 489 g/mol. The molecule has 0 spiro atoms. The lowest BCUT2D eigenvalue weighted by atomic mass is 10.1. The number of nitrogens with zero attached hydrogens (tertiary/aromatic N) is 5. The Morgan fingerprint density at radius 3 is 2.63 bits per heavy atom. The Morgan fingerprint density at radius 2 is 1.97 bits per heavy atom. The van der Waals surface area contributed by atoms with Crippen LogP contribution in [0.2, 0.25) is 0 Å². The molecule has 4 heterocycles. The molecule has 3 N–H and O–H groups in total. The second kappa shape index (κ2) is 9.33. The van der Waals surface area contributed by atoms with Gasteiger partial charge in [-0.15, -0.1) is 0 Å². The lowest BCUT2D eigenvalue weighted by Crippen LogP contribution is -2.21. The molecule has 4 aromatic rings. The van der Waals surface area contributed by atoms with Gasteiger partial charge in [-0.3, -0.25) is 9.48 Å². The van der Waals surface area contributed by atoms with Crippen LogP contribution >= 0.6 is 0 Å². The van der Waals surface area contributed by atoms with Crippen LogP contribution in [0.5, 0.6) is 0 Å². The molecule has 10 nitrogen and oxygen atoms in total. The van der Waals surface area contributed by atoms with Gasteiger partial charge >= 0.3 is 12.1 Å². The maximum absolute atomic E-state index is 12.6. The van der Waals surface area contributed by atoms with Crippen molar-refractivity contribution in [3.63, 3.8) is 0 Å². The molecule has 5 rings (SSSR count). The zero-order valence-corrected chi connectivity index (χ0v) is 18.7. The van der Waals surface area contributed by atoms with E-state index in [0.717, 1.165) is 35.2 Å². The van der Waals surface area contributed by atoms with Gasteiger partial charge in [0.05, 0.1) is 35.8 Å². The van der Waals surface area contributed by atoms with E-state index in [2.05, 4.69) is 32.6 Å². The van der Waals surface area contributed by atoms with Crippen molar-refractivity contribution in [2.24, 2.45) is 13.0 Å². The summed E-state index contributed by atoms with van der Waals surface area (Å²) in [5.74, 6) is -1.82. The van der Waals surface area contributed by atoms with Crippen LogP contribution < -0.4 is 10.6 Å². The quantitative estimate of drug-likeness (QED) is 0.404. The molecular weight excluding hydrogens is 467 g/mol. The molecule has 184 valence electrons. The Hall–Kier alpha value is -4.00. The third-order valence-electron chi connectivity index (χ3n) is 5.56. The first-order chi connectivity index (χ1) is 16.5. The predicted octanol–water partition coefficient (Wildman–Crippen LogP) is 3.17. The summed E-state index contributed by atoms with van der Waals surface area (Å²) >= 11 is 0. The van der Waals surface area contributed by atoms with Crippen LogP contribution in [0.15, 0.2) is 43.0 Å². The van der Waals surface area contributed by atoms with Crippen LogP contribution in [-0.4, -0.2) is 53.9 Å². The van der Waals surface area contributed by atoms with Crippen molar-refractivity contribution in [1.82, 2.24) is 29.5 Å². The third kappa shape index (κ3) is 5.40. The van der Waals surface area contributed by atoms with Gasteiger partial charge in [0, 0.05) is 24.2 Å². The number of benzene rings is 1. The van der Waals surface area contributed by atoms with Gasteiger partial charge in [-0.1, -0.05) is 6.92 Å². The molecule has 2 atom stereocenters. The smallest absolute Gasteiger partial charge is 0.475 e. The number of rotatable bonds is 3. The number of aromatic nitrogens is 5. The second-order valence-corrected chi connectivity index (χ2v) is 8.30. The summed E-state index contributed by atoms with van der Waals surface area (Å²) in [5.41, 5.74) is 3.33. The van der Waals surface area contributed by atoms with E-state index in [1.807, 2.05) is 29.8 Å². The Bertz CT molecular complexity index is 1400. The van der Waals surface area contributed by atoms with Gasteiger partial charge in [-0.05, 0) is 37.1 Å². The Morgan fingerprint density at radius 1 is 1.23 bits per heavy atom. The topological polar surface area (TPSA) is 126 Å². The molecule has 13 heteroatoms. The Balaban J connectivity index is 0.000000364. The van der Waals surface area contributed by atoms with Crippen molar-refractivity contribution in [3.8, 4) is 0 Å². The number of hydrogen-bond acceptors (Lipinski definition) is 6. The number of fused-ring (bicyclic) bond motifs is 2. The Kier molecular flexibility index (Phi) is 6.43. The molecule has 0 radical (unpaired) electrons. The summed E-state index contributed by atoms with van der Waals surface area (Å²) in [4.78, 5) is 30.5. The fraction of sp³-hybridized carbons (Fsp3) is 0.318. The monoisotopic (exact) mass is 489 g/mol. The molecular formula is C22H22F3N7O3. The molecule has 1 aliphatic rings.